The topological polar surface area (TPSA) is 92.3 Å². The molecule has 8 heteroatoms. The summed E-state index contributed by atoms with van der Waals surface area (Å²) in [5, 5.41) is 17.6. The van der Waals surface area contributed by atoms with Crippen molar-refractivity contribution in [2.24, 2.45) is 0 Å². The van der Waals surface area contributed by atoms with Crippen molar-refractivity contribution >= 4 is 34.2 Å². The first-order valence-electron chi connectivity index (χ1n) is 9.87. The monoisotopic (exact) mass is 379 g/mol. The fourth-order valence-corrected chi connectivity index (χ4v) is 3.96. The Morgan fingerprint density at radius 1 is 1.00 bits per heavy atom. The molecule has 2 aliphatic rings. The first-order valence-corrected chi connectivity index (χ1v) is 9.87. The van der Waals surface area contributed by atoms with Gasteiger partial charge in [-0.25, -0.2) is 0 Å². The number of benzene rings is 1. The van der Waals surface area contributed by atoms with Crippen LogP contribution < -0.4 is 20.4 Å². The van der Waals surface area contributed by atoms with Crippen molar-refractivity contribution in [1.29, 1.82) is 0 Å². The number of hydrogen-bond donors (Lipinski definition) is 4. The summed E-state index contributed by atoms with van der Waals surface area (Å²) in [5.74, 6) is 1.42. The van der Waals surface area contributed by atoms with Crippen LogP contribution in [0, 0.1) is 0 Å². The quantitative estimate of drug-likeness (QED) is 0.548. The Morgan fingerprint density at radius 3 is 2.57 bits per heavy atom. The van der Waals surface area contributed by atoms with Crippen molar-refractivity contribution in [3.05, 3.63) is 36.5 Å². The van der Waals surface area contributed by atoms with Crippen molar-refractivity contribution < 1.29 is 5.11 Å². The summed E-state index contributed by atoms with van der Waals surface area (Å²) in [6, 6.07) is 10.4. The van der Waals surface area contributed by atoms with Crippen LogP contribution in [0.1, 0.15) is 6.42 Å². The van der Waals surface area contributed by atoms with Gasteiger partial charge in [0.2, 0.25) is 5.95 Å². The third kappa shape index (κ3) is 3.36. The summed E-state index contributed by atoms with van der Waals surface area (Å²) in [5.41, 5.74) is 2.99. The van der Waals surface area contributed by atoms with E-state index < -0.39 is 0 Å². The van der Waals surface area contributed by atoms with E-state index in [1.165, 1.54) is 5.69 Å². The number of aromatic amines is 1. The molecule has 146 valence electrons. The number of anilines is 4. The fourth-order valence-electron chi connectivity index (χ4n) is 3.96. The van der Waals surface area contributed by atoms with Gasteiger partial charge in [-0.2, -0.15) is 9.97 Å². The maximum Gasteiger partial charge on any atom is 0.231 e. The summed E-state index contributed by atoms with van der Waals surface area (Å²) in [6.07, 6.45) is 2.35. The largest absolute Gasteiger partial charge is 0.391 e. The van der Waals surface area contributed by atoms with E-state index in [0.717, 1.165) is 61.7 Å². The third-order valence-electron chi connectivity index (χ3n) is 5.46. The molecule has 0 unspecified atom stereocenters. The summed E-state index contributed by atoms with van der Waals surface area (Å²) in [7, 11) is 0. The van der Waals surface area contributed by atoms with Crippen molar-refractivity contribution in [2.75, 3.05) is 54.4 Å². The molecule has 4 heterocycles. The Labute approximate surface area is 163 Å². The van der Waals surface area contributed by atoms with E-state index in [1.54, 1.807) is 0 Å². The van der Waals surface area contributed by atoms with Gasteiger partial charge in [-0.05, 0) is 36.8 Å². The molecule has 0 radical (unpaired) electrons. The molecule has 0 amide bonds. The highest BCUT2D eigenvalue weighted by Gasteiger charge is 2.24. The minimum atomic E-state index is -0.294. The molecule has 0 bridgehead atoms. The maximum absolute atomic E-state index is 9.91. The summed E-state index contributed by atoms with van der Waals surface area (Å²) >= 11 is 0. The van der Waals surface area contributed by atoms with E-state index in [1.807, 2.05) is 12.3 Å². The second-order valence-electron chi connectivity index (χ2n) is 7.41. The van der Waals surface area contributed by atoms with Gasteiger partial charge in [0.25, 0.3) is 0 Å². The van der Waals surface area contributed by atoms with Gasteiger partial charge >= 0.3 is 0 Å². The number of piperazine rings is 1. The highest BCUT2D eigenvalue weighted by molar-refractivity contribution is 5.89. The van der Waals surface area contributed by atoms with Gasteiger partial charge in [0.15, 0.2) is 0 Å². The van der Waals surface area contributed by atoms with Crippen LogP contribution in [0.3, 0.4) is 0 Å². The predicted molar refractivity (Wildman–Crippen MR) is 112 cm³/mol. The van der Waals surface area contributed by atoms with Crippen molar-refractivity contribution in [2.45, 2.75) is 12.5 Å². The molecule has 1 atom stereocenters. The zero-order valence-corrected chi connectivity index (χ0v) is 15.7. The van der Waals surface area contributed by atoms with Gasteiger partial charge in [-0.1, -0.05) is 0 Å². The molecular formula is C20H25N7O. The summed E-state index contributed by atoms with van der Waals surface area (Å²) in [4.78, 5) is 17.1. The second kappa shape index (κ2) is 7.29. The molecule has 28 heavy (non-hydrogen) atoms. The van der Waals surface area contributed by atoms with Gasteiger partial charge in [0, 0.05) is 56.8 Å². The number of aromatic nitrogens is 3. The van der Waals surface area contributed by atoms with Gasteiger partial charge in [-0.3, -0.25) is 0 Å². The number of rotatable bonds is 4. The average Bonchev–Trinajstić information content (AvgIpc) is 3.37. The molecule has 4 N–H and O–H groups in total. The number of H-pyrrole nitrogens is 1. The van der Waals surface area contributed by atoms with Crippen molar-refractivity contribution in [3.8, 4) is 0 Å². The van der Waals surface area contributed by atoms with Crippen LogP contribution in [0.5, 0.6) is 0 Å². The van der Waals surface area contributed by atoms with E-state index >= 15 is 0 Å². The standard InChI is InChI=1S/C20H25N7O/c28-16-6-10-27(13-16)19-17-5-7-22-18(17)24-20(25-19)23-14-1-3-15(4-2-14)26-11-8-21-9-12-26/h1-5,7,16,21,28H,6,8-13H2,(H2,22,23,24,25)/t16-/m0/s1. The number of hydrogen-bond acceptors (Lipinski definition) is 7. The molecule has 5 rings (SSSR count). The van der Waals surface area contributed by atoms with Crippen LogP contribution in [0.25, 0.3) is 11.0 Å². The van der Waals surface area contributed by atoms with Gasteiger partial charge in [0.1, 0.15) is 11.5 Å². The number of nitrogens with zero attached hydrogens (tertiary/aromatic N) is 4. The molecule has 0 saturated carbocycles. The van der Waals surface area contributed by atoms with E-state index in [-0.39, 0.29) is 6.10 Å². The maximum atomic E-state index is 9.91. The van der Waals surface area contributed by atoms with Gasteiger partial charge < -0.3 is 30.5 Å². The Balaban J connectivity index is 1.39. The Bertz CT molecular complexity index is 949. The predicted octanol–water partition coefficient (Wildman–Crippen LogP) is 1.68. The first-order chi connectivity index (χ1) is 13.8. The van der Waals surface area contributed by atoms with Crippen LogP contribution in [-0.2, 0) is 0 Å². The molecule has 0 spiro atoms. The van der Waals surface area contributed by atoms with Crippen LogP contribution >= 0.6 is 0 Å². The summed E-state index contributed by atoms with van der Waals surface area (Å²) < 4.78 is 0. The number of aliphatic hydroxyl groups is 1. The van der Waals surface area contributed by atoms with E-state index in [9.17, 15) is 5.11 Å². The number of fused-ring (bicyclic) bond motifs is 1. The van der Waals surface area contributed by atoms with E-state index in [0.29, 0.717) is 12.5 Å². The zero-order chi connectivity index (χ0) is 18.9. The normalized spacial score (nSPS) is 20.1. The van der Waals surface area contributed by atoms with Crippen LogP contribution in [0.4, 0.5) is 23.1 Å². The lowest BCUT2D eigenvalue weighted by Crippen LogP contribution is -2.43. The number of aliphatic hydroxyl groups excluding tert-OH is 1. The van der Waals surface area contributed by atoms with Crippen molar-refractivity contribution in [1.82, 2.24) is 20.3 Å². The third-order valence-corrected chi connectivity index (χ3v) is 5.46. The first kappa shape index (κ1) is 17.3. The molecule has 2 fully saturated rings. The lowest BCUT2D eigenvalue weighted by Gasteiger charge is -2.29. The molecule has 2 aromatic heterocycles. The number of nitrogens with one attached hydrogen (secondary N) is 3. The Kier molecular flexibility index (Phi) is 4.50. The molecule has 1 aromatic carbocycles. The summed E-state index contributed by atoms with van der Waals surface area (Å²) in [6.45, 7) is 5.53. The number of β-amino-alcohol motifs (C(OH)–C–C–N with tert-alkyl or cyclic N) is 1. The van der Waals surface area contributed by atoms with E-state index in [4.69, 9.17) is 4.98 Å². The van der Waals surface area contributed by atoms with E-state index in [2.05, 4.69) is 54.7 Å². The van der Waals surface area contributed by atoms with Crippen molar-refractivity contribution in [3.63, 3.8) is 0 Å². The van der Waals surface area contributed by atoms with Crippen LogP contribution in [-0.4, -0.2) is 65.4 Å². The van der Waals surface area contributed by atoms with Gasteiger partial charge in [0.05, 0.1) is 11.5 Å². The van der Waals surface area contributed by atoms with Gasteiger partial charge in [-0.15, -0.1) is 0 Å². The fraction of sp³-hybridized carbons (Fsp3) is 0.400. The molecule has 2 saturated heterocycles. The molecule has 8 nitrogen and oxygen atoms in total. The highest BCUT2D eigenvalue weighted by Crippen LogP contribution is 2.29. The Hall–Kier alpha value is -2.84. The lowest BCUT2D eigenvalue weighted by atomic mass is 10.2. The zero-order valence-electron chi connectivity index (χ0n) is 15.7. The highest BCUT2D eigenvalue weighted by atomic mass is 16.3. The second-order valence-corrected chi connectivity index (χ2v) is 7.41. The van der Waals surface area contributed by atoms with Crippen LogP contribution in [0.2, 0.25) is 0 Å². The molecule has 0 aliphatic carbocycles. The minimum Gasteiger partial charge on any atom is -0.391 e. The Morgan fingerprint density at radius 2 is 1.82 bits per heavy atom. The smallest absolute Gasteiger partial charge is 0.231 e. The molecular weight excluding hydrogens is 354 g/mol. The molecule has 2 aliphatic heterocycles. The minimum absolute atomic E-state index is 0.294. The van der Waals surface area contributed by atoms with Crippen LogP contribution in [0.15, 0.2) is 36.5 Å². The average molecular weight is 379 g/mol. The molecule has 3 aromatic rings. The SMILES string of the molecule is O[C@H]1CCN(c2nc(Nc3ccc(N4CCNCC4)cc3)nc3[nH]ccc23)C1. The lowest BCUT2D eigenvalue weighted by molar-refractivity contribution is 0.198.